The minimum Gasteiger partial charge on any atom is -0.497 e. The quantitative estimate of drug-likeness (QED) is 0.908. The van der Waals surface area contributed by atoms with Crippen molar-refractivity contribution >= 4 is 12.4 Å². The van der Waals surface area contributed by atoms with Gasteiger partial charge in [0.15, 0.2) is 0 Å². The summed E-state index contributed by atoms with van der Waals surface area (Å²) in [6.07, 6.45) is 2.47. The Bertz CT molecular complexity index is 440. The second kappa shape index (κ2) is 8.47. The molecule has 1 aromatic carbocycles. The third-order valence-corrected chi connectivity index (χ3v) is 4.17. The van der Waals surface area contributed by atoms with Gasteiger partial charge in [0.1, 0.15) is 11.5 Å². The summed E-state index contributed by atoms with van der Waals surface area (Å²) in [4.78, 5) is 2.47. The van der Waals surface area contributed by atoms with Crippen molar-refractivity contribution in [1.82, 2.24) is 4.90 Å². The predicted molar refractivity (Wildman–Crippen MR) is 88.4 cm³/mol. The van der Waals surface area contributed by atoms with Crippen LogP contribution in [0, 0.1) is 5.92 Å². The SMILES string of the molecule is COc1ccc(CN2CCCC(C(C)N)C2)c(OC)c1.Cl. The zero-order valence-electron chi connectivity index (χ0n) is 13.2. The first-order valence-electron chi connectivity index (χ1n) is 7.33. The average molecular weight is 315 g/mol. The molecule has 4 nitrogen and oxygen atoms in total. The highest BCUT2D eigenvalue weighted by molar-refractivity contribution is 5.85. The Hall–Kier alpha value is -0.970. The molecule has 0 amide bonds. The molecule has 0 aliphatic carbocycles. The van der Waals surface area contributed by atoms with Crippen molar-refractivity contribution in [2.75, 3.05) is 27.3 Å². The van der Waals surface area contributed by atoms with Gasteiger partial charge in [0.25, 0.3) is 0 Å². The van der Waals surface area contributed by atoms with Crippen molar-refractivity contribution in [2.45, 2.75) is 32.4 Å². The van der Waals surface area contributed by atoms with Gasteiger partial charge in [-0.05, 0) is 38.3 Å². The van der Waals surface area contributed by atoms with Crippen LogP contribution in [-0.4, -0.2) is 38.3 Å². The molecule has 0 radical (unpaired) electrons. The first kappa shape index (κ1) is 18.1. The van der Waals surface area contributed by atoms with E-state index >= 15 is 0 Å². The Morgan fingerprint density at radius 3 is 2.71 bits per heavy atom. The standard InChI is InChI=1S/C16H26N2O2.ClH/c1-12(17)13-5-4-8-18(10-13)11-14-6-7-15(19-2)9-16(14)20-3;/h6-7,9,12-13H,4-5,8,10-11,17H2,1-3H3;1H. The Balaban J connectivity index is 0.00000220. The highest BCUT2D eigenvalue weighted by Gasteiger charge is 2.23. The van der Waals surface area contributed by atoms with Crippen LogP contribution in [-0.2, 0) is 6.54 Å². The number of nitrogens with two attached hydrogens (primary N) is 1. The molecule has 0 aromatic heterocycles. The number of likely N-dealkylation sites (tertiary alicyclic amines) is 1. The molecule has 120 valence electrons. The highest BCUT2D eigenvalue weighted by atomic mass is 35.5. The minimum atomic E-state index is 0. The van der Waals surface area contributed by atoms with Gasteiger partial charge in [0.05, 0.1) is 14.2 Å². The van der Waals surface area contributed by atoms with E-state index in [1.165, 1.54) is 18.4 Å². The van der Waals surface area contributed by atoms with Crippen molar-refractivity contribution in [2.24, 2.45) is 11.7 Å². The number of rotatable bonds is 5. The third-order valence-electron chi connectivity index (χ3n) is 4.17. The van der Waals surface area contributed by atoms with Gasteiger partial charge in [-0.2, -0.15) is 0 Å². The molecule has 1 fully saturated rings. The van der Waals surface area contributed by atoms with Crippen molar-refractivity contribution < 1.29 is 9.47 Å². The van der Waals surface area contributed by atoms with Gasteiger partial charge >= 0.3 is 0 Å². The number of ether oxygens (including phenoxy) is 2. The molecule has 1 aliphatic rings. The Morgan fingerprint density at radius 2 is 2.10 bits per heavy atom. The lowest BCUT2D eigenvalue weighted by Gasteiger charge is -2.34. The average Bonchev–Trinajstić information content (AvgIpc) is 2.48. The van der Waals surface area contributed by atoms with Gasteiger partial charge in [-0.3, -0.25) is 4.90 Å². The molecule has 2 rings (SSSR count). The van der Waals surface area contributed by atoms with Crippen LogP contribution in [0.4, 0.5) is 0 Å². The molecule has 2 unspecified atom stereocenters. The summed E-state index contributed by atoms with van der Waals surface area (Å²) in [5, 5.41) is 0. The van der Waals surface area contributed by atoms with Crippen LogP contribution < -0.4 is 15.2 Å². The Morgan fingerprint density at radius 1 is 1.33 bits per heavy atom. The van der Waals surface area contributed by atoms with E-state index in [4.69, 9.17) is 15.2 Å². The van der Waals surface area contributed by atoms with Gasteiger partial charge in [-0.1, -0.05) is 6.07 Å². The molecular formula is C16H27ClN2O2. The maximum Gasteiger partial charge on any atom is 0.127 e. The smallest absolute Gasteiger partial charge is 0.127 e. The predicted octanol–water partition coefficient (Wildman–Crippen LogP) is 2.68. The Kier molecular flexibility index (Phi) is 7.29. The van der Waals surface area contributed by atoms with E-state index < -0.39 is 0 Å². The number of halogens is 1. The maximum atomic E-state index is 6.05. The van der Waals surface area contributed by atoms with Gasteiger partial charge in [-0.15, -0.1) is 12.4 Å². The molecule has 1 heterocycles. The molecular weight excluding hydrogens is 288 g/mol. The number of nitrogens with zero attached hydrogens (tertiary/aromatic N) is 1. The molecule has 1 aliphatic heterocycles. The second-order valence-corrected chi connectivity index (χ2v) is 5.67. The molecule has 1 saturated heterocycles. The van der Waals surface area contributed by atoms with Crippen molar-refractivity contribution in [1.29, 1.82) is 0 Å². The van der Waals surface area contributed by atoms with Crippen molar-refractivity contribution in [3.8, 4) is 11.5 Å². The molecule has 2 N–H and O–H groups in total. The summed E-state index contributed by atoms with van der Waals surface area (Å²) in [6, 6.07) is 6.30. The van der Waals surface area contributed by atoms with E-state index in [1.54, 1.807) is 14.2 Å². The van der Waals surface area contributed by atoms with E-state index in [0.29, 0.717) is 5.92 Å². The van der Waals surface area contributed by atoms with Gasteiger partial charge < -0.3 is 15.2 Å². The third kappa shape index (κ3) is 4.77. The summed E-state index contributed by atoms with van der Waals surface area (Å²) in [6.45, 7) is 5.24. The lowest BCUT2D eigenvalue weighted by Crippen LogP contribution is -2.41. The first-order valence-corrected chi connectivity index (χ1v) is 7.33. The van der Waals surface area contributed by atoms with E-state index in [1.807, 2.05) is 12.1 Å². The molecule has 1 aromatic rings. The number of hydrogen-bond acceptors (Lipinski definition) is 4. The Labute approximate surface area is 134 Å². The number of hydrogen-bond donors (Lipinski definition) is 1. The van der Waals surface area contributed by atoms with E-state index in [0.717, 1.165) is 31.1 Å². The van der Waals surface area contributed by atoms with Crippen molar-refractivity contribution in [3.05, 3.63) is 23.8 Å². The summed E-state index contributed by atoms with van der Waals surface area (Å²) in [5.74, 6) is 2.33. The zero-order valence-corrected chi connectivity index (χ0v) is 14.0. The van der Waals surface area contributed by atoms with Gasteiger partial charge in [-0.25, -0.2) is 0 Å². The van der Waals surface area contributed by atoms with Crippen LogP contribution in [0.3, 0.4) is 0 Å². The first-order chi connectivity index (χ1) is 9.63. The number of methoxy groups -OCH3 is 2. The molecule has 21 heavy (non-hydrogen) atoms. The fraction of sp³-hybridized carbons (Fsp3) is 0.625. The summed E-state index contributed by atoms with van der Waals surface area (Å²) in [7, 11) is 3.38. The van der Waals surface area contributed by atoms with Crippen LogP contribution in [0.5, 0.6) is 11.5 Å². The van der Waals surface area contributed by atoms with Gasteiger partial charge in [0.2, 0.25) is 0 Å². The lowest BCUT2D eigenvalue weighted by molar-refractivity contribution is 0.153. The lowest BCUT2D eigenvalue weighted by atomic mass is 9.92. The minimum absolute atomic E-state index is 0. The van der Waals surface area contributed by atoms with Crippen LogP contribution in [0.2, 0.25) is 0 Å². The number of benzene rings is 1. The highest BCUT2D eigenvalue weighted by Crippen LogP contribution is 2.27. The topological polar surface area (TPSA) is 47.7 Å². The molecule has 0 bridgehead atoms. The van der Waals surface area contributed by atoms with Crippen LogP contribution >= 0.6 is 12.4 Å². The van der Waals surface area contributed by atoms with E-state index in [2.05, 4.69) is 17.9 Å². The fourth-order valence-electron chi connectivity index (χ4n) is 2.89. The summed E-state index contributed by atoms with van der Waals surface area (Å²) in [5.41, 5.74) is 7.26. The molecule has 5 heteroatoms. The zero-order chi connectivity index (χ0) is 14.5. The van der Waals surface area contributed by atoms with E-state index in [9.17, 15) is 0 Å². The molecule has 0 spiro atoms. The number of piperidine rings is 1. The largest absolute Gasteiger partial charge is 0.497 e. The van der Waals surface area contributed by atoms with Crippen LogP contribution in [0.15, 0.2) is 18.2 Å². The van der Waals surface area contributed by atoms with E-state index in [-0.39, 0.29) is 18.4 Å². The van der Waals surface area contributed by atoms with Crippen molar-refractivity contribution in [3.63, 3.8) is 0 Å². The van der Waals surface area contributed by atoms with Crippen LogP contribution in [0.1, 0.15) is 25.3 Å². The summed E-state index contributed by atoms with van der Waals surface area (Å²) >= 11 is 0. The maximum absolute atomic E-state index is 6.05. The monoisotopic (exact) mass is 314 g/mol. The van der Waals surface area contributed by atoms with Gasteiger partial charge in [0, 0.05) is 30.8 Å². The van der Waals surface area contributed by atoms with Crippen LogP contribution in [0.25, 0.3) is 0 Å². The molecule has 0 saturated carbocycles. The fourth-order valence-corrected chi connectivity index (χ4v) is 2.89. The second-order valence-electron chi connectivity index (χ2n) is 5.67. The normalized spacial score (nSPS) is 20.5. The molecule has 2 atom stereocenters. The summed E-state index contributed by atoms with van der Waals surface area (Å²) < 4.78 is 10.7.